The second-order valence-electron chi connectivity index (χ2n) is 4.13. The first-order chi connectivity index (χ1) is 6.77. The summed E-state index contributed by atoms with van der Waals surface area (Å²) in [6, 6.07) is 0. The number of carbonyl (C=O) groups is 2. The first kappa shape index (κ1) is 9.65. The van der Waals surface area contributed by atoms with Crippen molar-refractivity contribution >= 4 is 11.8 Å². The summed E-state index contributed by atoms with van der Waals surface area (Å²) >= 11 is 0. The van der Waals surface area contributed by atoms with E-state index >= 15 is 0 Å². The van der Waals surface area contributed by atoms with Crippen LogP contribution in [0.5, 0.6) is 0 Å². The van der Waals surface area contributed by atoms with Crippen molar-refractivity contribution in [2.45, 2.75) is 25.7 Å². The Hall–Kier alpha value is -0.900. The van der Waals surface area contributed by atoms with Gasteiger partial charge in [-0.2, -0.15) is 0 Å². The normalized spacial score (nSPS) is 24.7. The minimum Gasteiger partial charge on any atom is -0.316 e. The van der Waals surface area contributed by atoms with Crippen LogP contribution in [-0.2, 0) is 9.59 Å². The number of amides is 2. The fourth-order valence-electron chi connectivity index (χ4n) is 1.90. The van der Waals surface area contributed by atoms with Crippen LogP contribution in [0, 0.1) is 5.92 Å². The molecule has 2 saturated heterocycles. The first-order valence-corrected chi connectivity index (χ1v) is 5.31. The number of nitrogens with one attached hydrogen (secondary N) is 1. The van der Waals surface area contributed by atoms with E-state index in [0.717, 1.165) is 25.9 Å². The van der Waals surface area contributed by atoms with Crippen LogP contribution in [0.2, 0.25) is 0 Å². The minimum atomic E-state index is 0.0272. The van der Waals surface area contributed by atoms with Gasteiger partial charge in [0, 0.05) is 38.4 Å². The molecular weight excluding hydrogens is 180 g/mol. The van der Waals surface area contributed by atoms with Gasteiger partial charge >= 0.3 is 0 Å². The summed E-state index contributed by atoms with van der Waals surface area (Å²) in [6.07, 6.45) is 2.83. The Morgan fingerprint density at radius 2 is 1.71 bits per heavy atom. The molecule has 0 atom stereocenters. The zero-order chi connectivity index (χ0) is 9.97. The summed E-state index contributed by atoms with van der Waals surface area (Å²) in [6.45, 7) is 2.51. The molecule has 0 bridgehead atoms. The maximum Gasteiger partial charge on any atom is 0.229 e. The van der Waals surface area contributed by atoms with Gasteiger partial charge in [-0.3, -0.25) is 14.5 Å². The van der Waals surface area contributed by atoms with E-state index in [4.69, 9.17) is 0 Å². The highest BCUT2D eigenvalue weighted by Crippen LogP contribution is 2.15. The molecule has 0 aromatic heterocycles. The van der Waals surface area contributed by atoms with Crippen LogP contribution in [-0.4, -0.2) is 36.3 Å². The average Bonchev–Trinajstić information content (AvgIpc) is 2.23. The Morgan fingerprint density at radius 1 is 1.14 bits per heavy atom. The van der Waals surface area contributed by atoms with Gasteiger partial charge in [0.2, 0.25) is 11.8 Å². The molecule has 2 fully saturated rings. The highest BCUT2D eigenvalue weighted by Gasteiger charge is 2.28. The molecule has 0 spiro atoms. The van der Waals surface area contributed by atoms with Gasteiger partial charge in [0.25, 0.3) is 0 Å². The number of hydrogen-bond donors (Lipinski definition) is 1. The lowest BCUT2D eigenvalue weighted by atomic mass is 10.0. The number of likely N-dealkylation sites (tertiary alicyclic amines) is 1. The Labute approximate surface area is 83.6 Å². The van der Waals surface area contributed by atoms with Crippen LogP contribution in [0.25, 0.3) is 0 Å². The highest BCUT2D eigenvalue weighted by atomic mass is 16.2. The lowest BCUT2D eigenvalue weighted by molar-refractivity contribution is -0.144. The van der Waals surface area contributed by atoms with Gasteiger partial charge in [-0.05, 0) is 12.8 Å². The second-order valence-corrected chi connectivity index (χ2v) is 4.13. The first-order valence-electron chi connectivity index (χ1n) is 5.31. The summed E-state index contributed by atoms with van der Waals surface area (Å²) in [5.74, 6) is 0.541. The standard InChI is InChI=1S/C10H16N2O2/c13-9-3-1-2-4-10(14)12(9)7-8-5-11-6-8/h8,11H,1-7H2. The van der Waals surface area contributed by atoms with Crippen LogP contribution in [0.3, 0.4) is 0 Å². The van der Waals surface area contributed by atoms with Crippen LogP contribution < -0.4 is 5.32 Å². The van der Waals surface area contributed by atoms with Crippen LogP contribution in [0.1, 0.15) is 25.7 Å². The van der Waals surface area contributed by atoms with Crippen molar-refractivity contribution in [3.8, 4) is 0 Å². The van der Waals surface area contributed by atoms with Gasteiger partial charge in [-0.1, -0.05) is 0 Å². The Kier molecular flexibility index (Phi) is 2.82. The molecule has 78 valence electrons. The molecule has 4 heteroatoms. The summed E-state index contributed by atoms with van der Waals surface area (Å²) in [5, 5.41) is 3.15. The van der Waals surface area contributed by atoms with E-state index in [1.165, 1.54) is 4.90 Å². The van der Waals surface area contributed by atoms with Crippen molar-refractivity contribution < 1.29 is 9.59 Å². The number of carbonyl (C=O) groups excluding carboxylic acids is 2. The molecular formula is C10H16N2O2. The van der Waals surface area contributed by atoms with E-state index in [2.05, 4.69) is 5.32 Å². The van der Waals surface area contributed by atoms with Crippen LogP contribution in [0.15, 0.2) is 0 Å². The molecule has 2 heterocycles. The monoisotopic (exact) mass is 196 g/mol. The number of nitrogens with zero attached hydrogens (tertiary/aromatic N) is 1. The van der Waals surface area contributed by atoms with Gasteiger partial charge in [0.05, 0.1) is 0 Å². The summed E-state index contributed by atoms with van der Waals surface area (Å²) in [4.78, 5) is 24.6. The predicted molar refractivity (Wildman–Crippen MR) is 51.5 cm³/mol. The van der Waals surface area contributed by atoms with Gasteiger partial charge in [0.15, 0.2) is 0 Å². The lowest BCUT2D eigenvalue weighted by Crippen LogP contribution is -2.50. The fraction of sp³-hybridized carbons (Fsp3) is 0.800. The van der Waals surface area contributed by atoms with Gasteiger partial charge in [-0.15, -0.1) is 0 Å². The van der Waals surface area contributed by atoms with Crippen molar-refractivity contribution in [2.24, 2.45) is 5.92 Å². The molecule has 0 saturated carbocycles. The van der Waals surface area contributed by atoms with E-state index in [0.29, 0.717) is 25.3 Å². The zero-order valence-corrected chi connectivity index (χ0v) is 8.29. The molecule has 0 aromatic rings. The third-order valence-corrected chi connectivity index (χ3v) is 2.94. The summed E-state index contributed by atoms with van der Waals surface area (Å²) in [7, 11) is 0. The molecule has 0 aliphatic carbocycles. The molecule has 0 aromatic carbocycles. The third kappa shape index (κ3) is 1.95. The molecule has 2 amide bonds. The number of rotatable bonds is 2. The van der Waals surface area contributed by atoms with Crippen molar-refractivity contribution in [1.82, 2.24) is 10.2 Å². The molecule has 0 radical (unpaired) electrons. The van der Waals surface area contributed by atoms with E-state index < -0.39 is 0 Å². The van der Waals surface area contributed by atoms with Crippen LogP contribution in [0.4, 0.5) is 0 Å². The summed E-state index contributed by atoms with van der Waals surface area (Å²) in [5.41, 5.74) is 0. The summed E-state index contributed by atoms with van der Waals surface area (Å²) < 4.78 is 0. The maximum atomic E-state index is 11.6. The third-order valence-electron chi connectivity index (χ3n) is 2.94. The number of hydrogen-bond acceptors (Lipinski definition) is 3. The smallest absolute Gasteiger partial charge is 0.229 e. The van der Waals surface area contributed by atoms with E-state index in [1.807, 2.05) is 0 Å². The molecule has 2 aliphatic heterocycles. The van der Waals surface area contributed by atoms with Gasteiger partial charge < -0.3 is 5.32 Å². The van der Waals surface area contributed by atoms with Crippen molar-refractivity contribution in [3.63, 3.8) is 0 Å². The fourth-order valence-corrected chi connectivity index (χ4v) is 1.90. The average molecular weight is 196 g/mol. The van der Waals surface area contributed by atoms with Crippen molar-refractivity contribution in [1.29, 1.82) is 0 Å². The Bertz CT molecular complexity index is 231. The molecule has 4 nitrogen and oxygen atoms in total. The van der Waals surface area contributed by atoms with Crippen molar-refractivity contribution in [2.75, 3.05) is 19.6 Å². The minimum absolute atomic E-state index is 0.0272. The molecule has 2 rings (SSSR count). The topological polar surface area (TPSA) is 49.4 Å². The van der Waals surface area contributed by atoms with Gasteiger partial charge in [0.1, 0.15) is 0 Å². The molecule has 2 aliphatic rings. The van der Waals surface area contributed by atoms with Crippen molar-refractivity contribution in [3.05, 3.63) is 0 Å². The van der Waals surface area contributed by atoms with Gasteiger partial charge in [-0.25, -0.2) is 0 Å². The van der Waals surface area contributed by atoms with E-state index in [9.17, 15) is 9.59 Å². The molecule has 14 heavy (non-hydrogen) atoms. The SMILES string of the molecule is O=C1CCCCC(=O)N1CC1CNC1. The lowest BCUT2D eigenvalue weighted by Gasteiger charge is -2.31. The highest BCUT2D eigenvalue weighted by molar-refractivity contribution is 5.96. The maximum absolute atomic E-state index is 11.6. The Morgan fingerprint density at radius 3 is 2.14 bits per heavy atom. The largest absolute Gasteiger partial charge is 0.316 e. The Balaban J connectivity index is 1.96. The zero-order valence-electron chi connectivity index (χ0n) is 8.29. The van der Waals surface area contributed by atoms with Crippen LogP contribution >= 0.6 is 0 Å². The quantitative estimate of drug-likeness (QED) is 0.639. The van der Waals surface area contributed by atoms with E-state index in [-0.39, 0.29) is 11.8 Å². The predicted octanol–water partition coefficient (Wildman–Crippen LogP) is 0.135. The van der Waals surface area contributed by atoms with E-state index in [1.54, 1.807) is 0 Å². The molecule has 0 unspecified atom stereocenters. The molecule has 1 N–H and O–H groups in total. The second kappa shape index (κ2) is 4.09. The number of imide groups is 1.